The number of hydrogen-bond acceptors (Lipinski definition) is 4. The lowest BCUT2D eigenvalue weighted by Crippen LogP contribution is -2.08. The van der Waals surface area contributed by atoms with E-state index in [2.05, 4.69) is 0 Å². The molecule has 6 heteroatoms. The molecule has 0 atom stereocenters. The maximum atomic E-state index is 10.6. The third-order valence-corrected chi connectivity index (χ3v) is 1.63. The largest absolute Gasteiger partial charge is 0.506 e. The molecule has 0 amide bonds. The quantitative estimate of drug-likeness (QED) is 0.401. The molecular formula is C8H7NO5. The number of aromatic carboxylic acids is 2. The number of nitrogen functional groups attached to an aromatic ring is 1. The Kier molecular flexibility index (Phi) is 2.29. The second-order valence-corrected chi connectivity index (χ2v) is 2.57. The Bertz CT molecular complexity index is 373. The highest BCUT2D eigenvalue weighted by molar-refractivity contribution is 6.03. The van der Waals surface area contributed by atoms with Gasteiger partial charge in [-0.05, 0) is 12.1 Å². The minimum Gasteiger partial charge on any atom is -0.506 e. The molecule has 6 nitrogen and oxygen atoms in total. The van der Waals surface area contributed by atoms with Crippen LogP contribution in [0, 0.1) is 0 Å². The van der Waals surface area contributed by atoms with Gasteiger partial charge < -0.3 is 21.1 Å². The van der Waals surface area contributed by atoms with Crippen LogP contribution >= 0.6 is 0 Å². The summed E-state index contributed by atoms with van der Waals surface area (Å²) in [5.74, 6) is -3.29. The number of phenols is 1. The van der Waals surface area contributed by atoms with Gasteiger partial charge in [-0.2, -0.15) is 0 Å². The van der Waals surface area contributed by atoms with Gasteiger partial charge in [-0.3, -0.25) is 0 Å². The first-order valence-corrected chi connectivity index (χ1v) is 3.52. The van der Waals surface area contributed by atoms with E-state index in [9.17, 15) is 9.59 Å². The fourth-order valence-electron chi connectivity index (χ4n) is 0.959. The van der Waals surface area contributed by atoms with E-state index >= 15 is 0 Å². The molecule has 0 aliphatic carbocycles. The molecule has 0 bridgehead atoms. The van der Waals surface area contributed by atoms with Gasteiger partial charge in [-0.25, -0.2) is 9.59 Å². The Morgan fingerprint density at radius 2 is 1.50 bits per heavy atom. The molecule has 0 saturated heterocycles. The first kappa shape index (κ1) is 9.85. The van der Waals surface area contributed by atoms with E-state index in [-0.39, 0.29) is 5.69 Å². The van der Waals surface area contributed by atoms with Crippen molar-refractivity contribution in [2.75, 3.05) is 5.73 Å². The van der Waals surface area contributed by atoms with Crippen LogP contribution in [0.15, 0.2) is 12.1 Å². The Labute approximate surface area is 78.2 Å². The summed E-state index contributed by atoms with van der Waals surface area (Å²) in [5, 5.41) is 26.3. The Morgan fingerprint density at radius 1 is 1.07 bits per heavy atom. The molecule has 0 spiro atoms. The third-order valence-electron chi connectivity index (χ3n) is 1.63. The summed E-state index contributed by atoms with van der Waals surface area (Å²) < 4.78 is 0. The van der Waals surface area contributed by atoms with Crippen LogP contribution in [0.25, 0.3) is 0 Å². The third kappa shape index (κ3) is 1.58. The number of phenolic OH excluding ortho intramolecular Hbond substituents is 1. The summed E-state index contributed by atoms with van der Waals surface area (Å²) in [6.07, 6.45) is 0. The number of aromatic hydroxyl groups is 1. The molecule has 0 fully saturated rings. The maximum Gasteiger partial charge on any atom is 0.336 e. The molecule has 0 aliphatic rings. The first-order chi connectivity index (χ1) is 6.43. The van der Waals surface area contributed by atoms with Crippen LogP contribution in [0.1, 0.15) is 20.7 Å². The Hall–Kier alpha value is -2.24. The number of benzene rings is 1. The molecular weight excluding hydrogens is 190 g/mol. The SMILES string of the molecule is Nc1cc(C(=O)O)c(C(=O)O)cc1O. The number of anilines is 1. The minimum absolute atomic E-state index is 0.174. The molecule has 1 aromatic carbocycles. The smallest absolute Gasteiger partial charge is 0.336 e. The van der Waals surface area contributed by atoms with Crippen LogP contribution in [0.4, 0.5) is 5.69 Å². The molecule has 14 heavy (non-hydrogen) atoms. The Morgan fingerprint density at radius 3 is 1.93 bits per heavy atom. The van der Waals surface area contributed by atoms with Crippen molar-refractivity contribution >= 4 is 17.6 Å². The van der Waals surface area contributed by atoms with Crippen molar-refractivity contribution in [3.8, 4) is 5.75 Å². The van der Waals surface area contributed by atoms with Crippen LogP contribution in [0.2, 0.25) is 0 Å². The van der Waals surface area contributed by atoms with Gasteiger partial charge >= 0.3 is 11.9 Å². The predicted octanol–water partition coefficient (Wildman–Crippen LogP) is 0.371. The lowest BCUT2D eigenvalue weighted by atomic mass is 10.1. The number of carbonyl (C=O) groups is 2. The van der Waals surface area contributed by atoms with Crippen LogP contribution < -0.4 is 5.73 Å². The van der Waals surface area contributed by atoms with Gasteiger partial charge in [0.05, 0.1) is 16.8 Å². The predicted molar refractivity (Wildman–Crippen MR) is 46.4 cm³/mol. The molecule has 1 aromatic rings. The highest BCUT2D eigenvalue weighted by atomic mass is 16.4. The van der Waals surface area contributed by atoms with Crippen molar-refractivity contribution in [1.29, 1.82) is 0 Å². The summed E-state index contributed by atoms with van der Waals surface area (Å²) >= 11 is 0. The number of carboxylic acid groups (broad SMARTS) is 2. The Balaban J connectivity index is 3.46. The standard InChI is InChI=1S/C8H7NO5/c9-5-1-3(7(11)12)4(8(13)14)2-6(5)10/h1-2,10H,9H2,(H,11,12)(H,13,14). The summed E-state index contributed by atoms with van der Waals surface area (Å²) in [6.45, 7) is 0. The normalized spacial score (nSPS) is 9.71. The highest BCUT2D eigenvalue weighted by Crippen LogP contribution is 2.24. The van der Waals surface area contributed by atoms with Gasteiger partial charge in [0.25, 0.3) is 0 Å². The van der Waals surface area contributed by atoms with Crippen LogP contribution in [-0.2, 0) is 0 Å². The maximum absolute atomic E-state index is 10.6. The van der Waals surface area contributed by atoms with Gasteiger partial charge in [0, 0.05) is 0 Å². The topological polar surface area (TPSA) is 121 Å². The van der Waals surface area contributed by atoms with E-state index in [1.165, 1.54) is 0 Å². The number of hydrogen-bond donors (Lipinski definition) is 4. The van der Waals surface area contributed by atoms with Crippen molar-refractivity contribution in [2.45, 2.75) is 0 Å². The summed E-state index contributed by atoms with van der Waals surface area (Å²) in [7, 11) is 0. The fourth-order valence-corrected chi connectivity index (χ4v) is 0.959. The first-order valence-electron chi connectivity index (χ1n) is 3.52. The van der Waals surface area contributed by atoms with E-state index in [4.69, 9.17) is 21.1 Å². The molecule has 0 heterocycles. The van der Waals surface area contributed by atoms with Crippen molar-refractivity contribution in [1.82, 2.24) is 0 Å². The van der Waals surface area contributed by atoms with Gasteiger partial charge in [0.1, 0.15) is 5.75 Å². The van der Waals surface area contributed by atoms with Crippen LogP contribution in [0.5, 0.6) is 5.75 Å². The average molecular weight is 197 g/mol. The molecule has 0 saturated carbocycles. The zero-order valence-electron chi connectivity index (χ0n) is 6.89. The summed E-state index contributed by atoms with van der Waals surface area (Å²) in [5.41, 5.74) is 4.10. The molecule has 0 unspecified atom stereocenters. The zero-order chi connectivity index (χ0) is 10.9. The van der Waals surface area contributed by atoms with Gasteiger partial charge in [0.2, 0.25) is 0 Å². The lowest BCUT2D eigenvalue weighted by Gasteiger charge is -2.04. The molecule has 0 radical (unpaired) electrons. The monoisotopic (exact) mass is 197 g/mol. The van der Waals surface area contributed by atoms with Gasteiger partial charge in [0.15, 0.2) is 0 Å². The fraction of sp³-hybridized carbons (Fsp3) is 0. The average Bonchev–Trinajstić information content (AvgIpc) is 2.08. The van der Waals surface area contributed by atoms with E-state index in [1.807, 2.05) is 0 Å². The molecule has 74 valence electrons. The lowest BCUT2D eigenvalue weighted by molar-refractivity contribution is 0.0651. The molecule has 0 aromatic heterocycles. The van der Waals surface area contributed by atoms with E-state index in [0.717, 1.165) is 12.1 Å². The van der Waals surface area contributed by atoms with E-state index < -0.39 is 28.8 Å². The summed E-state index contributed by atoms with van der Waals surface area (Å²) in [6, 6.07) is 1.71. The summed E-state index contributed by atoms with van der Waals surface area (Å²) in [4.78, 5) is 21.2. The van der Waals surface area contributed by atoms with E-state index in [0.29, 0.717) is 0 Å². The second-order valence-electron chi connectivity index (χ2n) is 2.57. The van der Waals surface area contributed by atoms with Crippen molar-refractivity contribution in [2.24, 2.45) is 0 Å². The van der Waals surface area contributed by atoms with Gasteiger partial charge in [-0.15, -0.1) is 0 Å². The van der Waals surface area contributed by atoms with Crippen LogP contribution in [-0.4, -0.2) is 27.3 Å². The number of rotatable bonds is 2. The second kappa shape index (κ2) is 3.25. The van der Waals surface area contributed by atoms with Gasteiger partial charge in [-0.1, -0.05) is 0 Å². The number of nitrogens with two attached hydrogens (primary N) is 1. The van der Waals surface area contributed by atoms with Crippen LogP contribution in [0.3, 0.4) is 0 Å². The number of carboxylic acids is 2. The molecule has 0 aliphatic heterocycles. The van der Waals surface area contributed by atoms with Crippen molar-refractivity contribution < 1.29 is 24.9 Å². The minimum atomic E-state index is -1.43. The molecule has 5 N–H and O–H groups in total. The highest BCUT2D eigenvalue weighted by Gasteiger charge is 2.18. The van der Waals surface area contributed by atoms with E-state index in [1.54, 1.807) is 0 Å². The molecule has 1 rings (SSSR count). The zero-order valence-corrected chi connectivity index (χ0v) is 6.89. The van der Waals surface area contributed by atoms with Crippen molar-refractivity contribution in [3.63, 3.8) is 0 Å². The van der Waals surface area contributed by atoms with Crippen molar-refractivity contribution in [3.05, 3.63) is 23.3 Å².